The maximum absolute atomic E-state index is 11.6. The molecule has 7 heteroatoms. The van der Waals surface area contributed by atoms with Gasteiger partial charge in [-0.2, -0.15) is 0 Å². The van der Waals surface area contributed by atoms with E-state index in [1.165, 1.54) is 10.9 Å². The molecule has 0 aliphatic rings. The molecule has 0 aliphatic carbocycles. The Morgan fingerprint density at radius 2 is 2.40 bits per heavy atom. The van der Waals surface area contributed by atoms with Gasteiger partial charge in [-0.1, -0.05) is 11.6 Å². The molecule has 1 aromatic heterocycles. The number of aromatic nitrogens is 2. The average Bonchev–Trinajstić information content (AvgIpc) is 2.48. The Morgan fingerprint density at radius 3 is 2.87 bits per heavy atom. The smallest absolute Gasteiger partial charge is 0.261 e. The molecule has 1 N–H and O–H groups in total. The van der Waals surface area contributed by atoms with E-state index < -0.39 is 10.0 Å². The van der Waals surface area contributed by atoms with Gasteiger partial charge >= 0.3 is 0 Å². The van der Waals surface area contributed by atoms with E-state index in [4.69, 9.17) is 18.0 Å². The van der Waals surface area contributed by atoms with Crippen LogP contribution in [0.15, 0.2) is 11.4 Å². The lowest BCUT2D eigenvalue weighted by Crippen LogP contribution is -2.25. The van der Waals surface area contributed by atoms with E-state index in [0.717, 1.165) is 0 Å². The summed E-state index contributed by atoms with van der Waals surface area (Å²) >= 11 is 5.75. The van der Waals surface area contributed by atoms with Gasteiger partial charge in [-0.25, -0.2) is 18.1 Å². The molecule has 0 aliphatic heterocycles. The minimum atomic E-state index is -3.65. The molecule has 0 radical (unpaired) electrons. The fourth-order valence-corrected chi connectivity index (χ4v) is 2.36. The van der Waals surface area contributed by atoms with Gasteiger partial charge in [0, 0.05) is 20.0 Å². The average molecular weight is 248 g/mol. The number of sulfonamides is 1. The first kappa shape index (κ1) is 12.0. The highest BCUT2D eigenvalue weighted by Gasteiger charge is 2.21. The van der Waals surface area contributed by atoms with Gasteiger partial charge in [0.2, 0.25) is 5.03 Å². The van der Waals surface area contributed by atoms with Crippen molar-refractivity contribution in [1.29, 1.82) is 0 Å². The van der Waals surface area contributed by atoms with Gasteiger partial charge in [-0.3, -0.25) is 0 Å². The van der Waals surface area contributed by atoms with Gasteiger partial charge in [0.25, 0.3) is 10.0 Å². The Labute approximate surface area is 93.5 Å². The van der Waals surface area contributed by atoms with Gasteiger partial charge in [-0.15, -0.1) is 12.3 Å². The topological polar surface area (TPSA) is 64.0 Å². The zero-order valence-corrected chi connectivity index (χ0v) is 9.64. The molecule has 1 heterocycles. The maximum atomic E-state index is 11.6. The first-order valence-electron chi connectivity index (χ1n) is 4.09. The van der Waals surface area contributed by atoms with Crippen molar-refractivity contribution in [1.82, 2.24) is 14.3 Å². The van der Waals surface area contributed by atoms with Crippen LogP contribution < -0.4 is 4.72 Å². The molecule has 0 saturated heterocycles. The summed E-state index contributed by atoms with van der Waals surface area (Å²) in [5.41, 5.74) is 0. The Morgan fingerprint density at radius 1 is 1.73 bits per heavy atom. The molecule has 5 nitrogen and oxygen atoms in total. The summed E-state index contributed by atoms with van der Waals surface area (Å²) in [6.45, 7) is 0.172. The predicted molar refractivity (Wildman–Crippen MR) is 56.9 cm³/mol. The van der Waals surface area contributed by atoms with Gasteiger partial charge in [-0.05, 0) is 0 Å². The van der Waals surface area contributed by atoms with E-state index in [9.17, 15) is 8.42 Å². The first-order valence-corrected chi connectivity index (χ1v) is 5.95. The summed E-state index contributed by atoms with van der Waals surface area (Å²) in [4.78, 5) is 3.69. The van der Waals surface area contributed by atoms with Gasteiger partial charge in [0.1, 0.15) is 5.15 Å². The summed E-state index contributed by atoms with van der Waals surface area (Å²) in [5.74, 6) is 2.33. The van der Waals surface area contributed by atoms with E-state index in [0.29, 0.717) is 6.42 Å². The monoisotopic (exact) mass is 247 g/mol. The minimum Gasteiger partial charge on any atom is -0.324 e. The molecule has 1 rings (SSSR count). The number of hydrogen-bond donors (Lipinski definition) is 1. The molecular weight excluding hydrogens is 238 g/mol. The lowest BCUT2D eigenvalue weighted by atomic mass is 10.5. The van der Waals surface area contributed by atoms with Gasteiger partial charge in [0.15, 0.2) is 0 Å². The number of aryl methyl sites for hydroxylation is 1. The molecular formula is C8H10ClN3O2S. The summed E-state index contributed by atoms with van der Waals surface area (Å²) < 4.78 is 26.9. The second kappa shape index (κ2) is 4.66. The normalized spacial score (nSPS) is 11.3. The molecule has 0 fully saturated rings. The Hall–Kier alpha value is -1.03. The summed E-state index contributed by atoms with van der Waals surface area (Å²) in [5, 5.41) is -0.105. The number of terminal acetylenes is 1. The van der Waals surface area contributed by atoms with Gasteiger partial charge in [0.05, 0.1) is 6.33 Å². The lowest BCUT2D eigenvalue weighted by Gasteiger charge is -2.02. The number of rotatable bonds is 4. The number of imidazole rings is 1. The van der Waals surface area contributed by atoms with E-state index >= 15 is 0 Å². The fourth-order valence-electron chi connectivity index (χ4n) is 0.900. The quantitative estimate of drug-likeness (QED) is 0.618. The second-order valence-corrected chi connectivity index (χ2v) is 4.84. The molecule has 15 heavy (non-hydrogen) atoms. The van der Waals surface area contributed by atoms with Crippen LogP contribution in [0.2, 0.25) is 5.15 Å². The van der Waals surface area contributed by atoms with Crippen LogP contribution >= 0.6 is 11.6 Å². The van der Waals surface area contributed by atoms with Crippen LogP contribution in [0.4, 0.5) is 0 Å². The molecule has 0 spiro atoms. The van der Waals surface area contributed by atoms with Crippen molar-refractivity contribution >= 4 is 21.6 Å². The molecule has 0 atom stereocenters. The largest absolute Gasteiger partial charge is 0.324 e. The fraction of sp³-hybridized carbons (Fsp3) is 0.375. The molecule has 0 aromatic carbocycles. The summed E-state index contributed by atoms with van der Waals surface area (Å²) in [7, 11) is -2.04. The van der Waals surface area contributed by atoms with E-state index in [1.54, 1.807) is 7.05 Å². The van der Waals surface area contributed by atoms with Crippen LogP contribution in [0.25, 0.3) is 0 Å². The van der Waals surface area contributed by atoms with Crippen molar-refractivity contribution in [3.63, 3.8) is 0 Å². The Bertz CT molecular complexity index is 486. The molecule has 82 valence electrons. The van der Waals surface area contributed by atoms with Crippen molar-refractivity contribution in [2.24, 2.45) is 7.05 Å². The summed E-state index contributed by atoms with van der Waals surface area (Å²) in [6.07, 6.45) is 6.65. The second-order valence-electron chi connectivity index (χ2n) is 2.80. The number of hydrogen-bond acceptors (Lipinski definition) is 3. The minimum absolute atomic E-state index is 0.0724. The van der Waals surface area contributed by atoms with Crippen LogP contribution in [-0.4, -0.2) is 24.5 Å². The lowest BCUT2D eigenvalue weighted by molar-refractivity contribution is 0.579. The molecule has 0 saturated carbocycles. The van der Waals surface area contributed by atoms with Crippen molar-refractivity contribution < 1.29 is 8.42 Å². The SMILES string of the molecule is C#CCCNS(=O)(=O)c1ncn(C)c1Cl. The van der Waals surface area contributed by atoms with Crippen LogP contribution in [0.3, 0.4) is 0 Å². The summed E-state index contributed by atoms with van der Waals surface area (Å²) in [6, 6.07) is 0. The third kappa shape index (κ3) is 2.72. The molecule has 1 aromatic rings. The van der Waals surface area contributed by atoms with E-state index in [1.807, 2.05) is 0 Å². The number of halogens is 1. The zero-order valence-electron chi connectivity index (χ0n) is 8.07. The Kier molecular flexibility index (Phi) is 3.74. The van der Waals surface area contributed by atoms with Crippen LogP contribution in [0.1, 0.15) is 6.42 Å². The Balaban J connectivity index is 2.88. The van der Waals surface area contributed by atoms with Crippen LogP contribution in [0, 0.1) is 12.3 Å². The van der Waals surface area contributed by atoms with Crippen LogP contribution in [-0.2, 0) is 17.1 Å². The zero-order chi connectivity index (χ0) is 11.5. The van der Waals surface area contributed by atoms with E-state index in [2.05, 4.69) is 15.6 Å². The molecule has 0 unspecified atom stereocenters. The highest BCUT2D eigenvalue weighted by molar-refractivity contribution is 7.89. The standard InChI is InChI=1S/C8H10ClN3O2S/c1-3-4-5-11-15(13,14)8-7(9)12(2)6-10-8/h1,6,11H,4-5H2,2H3. The van der Waals surface area contributed by atoms with Crippen molar-refractivity contribution in [2.75, 3.05) is 6.54 Å². The molecule has 0 bridgehead atoms. The third-order valence-electron chi connectivity index (χ3n) is 1.65. The first-order chi connectivity index (χ1) is 6.99. The van der Waals surface area contributed by atoms with E-state index in [-0.39, 0.29) is 16.7 Å². The molecule has 0 amide bonds. The number of nitrogens with zero attached hydrogens (tertiary/aromatic N) is 2. The predicted octanol–water partition coefficient (Wildman–Crippen LogP) is 0.375. The van der Waals surface area contributed by atoms with Crippen molar-refractivity contribution in [3.8, 4) is 12.3 Å². The third-order valence-corrected chi connectivity index (χ3v) is 3.60. The van der Waals surface area contributed by atoms with Crippen LogP contribution in [0.5, 0.6) is 0 Å². The van der Waals surface area contributed by atoms with Gasteiger partial charge < -0.3 is 4.57 Å². The number of nitrogens with one attached hydrogen (secondary N) is 1. The maximum Gasteiger partial charge on any atom is 0.261 e. The highest BCUT2D eigenvalue weighted by Crippen LogP contribution is 2.17. The highest BCUT2D eigenvalue weighted by atomic mass is 35.5. The van der Waals surface area contributed by atoms with Crippen molar-refractivity contribution in [3.05, 3.63) is 11.5 Å². The van der Waals surface area contributed by atoms with Crippen molar-refractivity contribution in [2.45, 2.75) is 11.4 Å².